The number of hydrogen-bond donors (Lipinski definition) is 2. The van der Waals surface area contributed by atoms with Crippen LogP contribution in [0.2, 0.25) is 0 Å². The number of aliphatic hydroxyl groups excluding tert-OH is 1. The standard InChI is InChI=1S/C9H11BrFNO.ClH/c1-5(13)9(12)6-2-3-7(10)8(11)4-6;/h2-5,9,13H,12H2,1H3;1H/t5-,9-;/m0./s1. The Kier molecular flexibility index (Phi) is 5.59. The van der Waals surface area contributed by atoms with Crippen molar-refractivity contribution in [2.24, 2.45) is 5.73 Å². The minimum absolute atomic E-state index is 0. The molecule has 0 bridgehead atoms. The average Bonchev–Trinajstić information content (AvgIpc) is 2.08. The normalized spacial score (nSPS) is 14.4. The zero-order valence-electron chi connectivity index (χ0n) is 7.58. The van der Waals surface area contributed by atoms with Gasteiger partial charge in [-0.3, -0.25) is 0 Å². The van der Waals surface area contributed by atoms with Crippen LogP contribution in [0.3, 0.4) is 0 Å². The third kappa shape index (κ3) is 3.20. The van der Waals surface area contributed by atoms with Crippen molar-refractivity contribution in [2.75, 3.05) is 0 Å². The van der Waals surface area contributed by atoms with Gasteiger partial charge in [0.25, 0.3) is 0 Å². The zero-order chi connectivity index (χ0) is 10.0. The summed E-state index contributed by atoms with van der Waals surface area (Å²) in [5, 5.41) is 9.18. The lowest BCUT2D eigenvalue weighted by atomic mass is 10.0. The van der Waals surface area contributed by atoms with Crippen molar-refractivity contribution in [1.29, 1.82) is 0 Å². The van der Waals surface area contributed by atoms with E-state index in [2.05, 4.69) is 15.9 Å². The van der Waals surface area contributed by atoms with Crippen molar-refractivity contribution in [3.63, 3.8) is 0 Å². The van der Waals surface area contributed by atoms with Gasteiger partial charge < -0.3 is 10.8 Å². The summed E-state index contributed by atoms with van der Waals surface area (Å²) >= 11 is 3.04. The van der Waals surface area contributed by atoms with E-state index in [-0.39, 0.29) is 18.2 Å². The van der Waals surface area contributed by atoms with Gasteiger partial charge in [-0.2, -0.15) is 0 Å². The van der Waals surface area contributed by atoms with Crippen LogP contribution in [0.15, 0.2) is 22.7 Å². The van der Waals surface area contributed by atoms with Crippen LogP contribution in [0.5, 0.6) is 0 Å². The van der Waals surface area contributed by atoms with E-state index in [1.165, 1.54) is 6.07 Å². The second-order valence-corrected chi connectivity index (χ2v) is 3.79. The monoisotopic (exact) mass is 283 g/mol. The van der Waals surface area contributed by atoms with Crippen molar-refractivity contribution >= 4 is 28.3 Å². The summed E-state index contributed by atoms with van der Waals surface area (Å²) in [7, 11) is 0. The molecule has 0 heterocycles. The highest BCUT2D eigenvalue weighted by Gasteiger charge is 2.13. The van der Waals surface area contributed by atoms with Crippen LogP contribution in [-0.4, -0.2) is 11.2 Å². The van der Waals surface area contributed by atoms with E-state index in [4.69, 9.17) is 5.73 Å². The molecule has 0 amide bonds. The first-order chi connectivity index (χ1) is 6.02. The highest BCUT2D eigenvalue weighted by molar-refractivity contribution is 9.10. The van der Waals surface area contributed by atoms with E-state index in [0.717, 1.165) is 0 Å². The molecule has 0 saturated heterocycles. The molecule has 2 nitrogen and oxygen atoms in total. The summed E-state index contributed by atoms with van der Waals surface area (Å²) in [6.07, 6.45) is -0.680. The molecule has 80 valence electrons. The minimum Gasteiger partial charge on any atom is -0.391 e. The van der Waals surface area contributed by atoms with Gasteiger partial charge in [-0.05, 0) is 40.5 Å². The predicted molar refractivity (Wildman–Crippen MR) is 60.0 cm³/mol. The van der Waals surface area contributed by atoms with Gasteiger partial charge in [-0.15, -0.1) is 12.4 Å². The van der Waals surface area contributed by atoms with Gasteiger partial charge in [0, 0.05) is 0 Å². The van der Waals surface area contributed by atoms with E-state index < -0.39 is 12.1 Å². The lowest BCUT2D eigenvalue weighted by Crippen LogP contribution is -2.23. The van der Waals surface area contributed by atoms with E-state index in [9.17, 15) is 9.50 Å². The molecule has 1 aromatic rings. The van der Waals surface area contributed by atoms with Crippen LogP contribution in [-0.2, 0) is 0 Å². The molecule has 3 N–H and O–H groups in total. The second kappa shape index (κ2) is 5.66. The molecule has 14 heavy (non-hydrogen) atoms. The van der Waals surface area contributed by atoms with Crippen molar-refractivity contribution in [3.8, 4) is 0 Å². The fourth-order valence-electron chi connectivity index (χ4n) is 0.998. The molecule has 0 fully saturated rings. The summed E-state index contributed by atoms with van der Waals surface area (Å²) in [6, 6.07) is 4.04. The second-order valence-electron chi connectivity index (χ2n) is 2.94. The van der Waals surface area contributed by atoms with Gasteiger partial charge in [-0.1, -0.05) is 6.07 Å². The Balaban J connectivity index is 0.00000169. The molecular weight excluding hydrogens is 272 g/mol. The number of aliphatic hydroxyl groups is 1. The van der Waals surface area contributed by atoms with Gasteiger partial charge in [0.05, 0.1) is 16.6 Å². The van der Waals surface area contributed by atoms with E-state index >= 15 is 0 Å². The van der Waals surface area contributed by atoms with Gasteiger partial charge in [0.1, 0.15) is 5.82 Å². The summed E-state index contributed by atoms with van der Waals surface area (Å²) in [5.41, 5.74) is 6.22. The van der Waals surface area contributed by atoms with Crippen molar-refractivity contribution < 1.29 is 9.50 Å². The highest BCUT2D eigenvalue weighted by atomic mass is 79.9. The minimum atomic E-state index is -0.680. The van der Waals surface area contributed by atoms with E-state index in [1.54, 1.807) is 19.1 Å². The maximum atomic E-state index is 13.0. The molecule has 0 saturated carbocycles. The number of hydrogen-bond acceptors (Lipinski definition) is 2. The van der Waals surface area contributed by atoms with Crippen molar-refractivity contribution in [3.05, 3.63) is 34.1 Å². The molecule has 0 aromatic heterocycles. The van der Waals surface area contributed by atoms with Crippen LogP contribution in [0.25, 0.3) is 0 Å². The number of rotatable bonds is 2. The molecule has 0 aliphatic carbocycles. The summed E-state index contributed by atoms with van der Waals surface area (Å²) in [5.74, 6) is -0.367. The van der Waals surface area contributed by atoms with Crippen LogP contribution in [0.4, 0.5) is 4.39 Å². The van der Waals surface area contributed by atoms with Crippen LogP contribution in [0, 0.1) is 5.82 Å². The van der Waals surface area contributed by atoms with Gasteiger partial charge >= 0.3 is 0 Å². The smallest absolute Gasteiger partial charge is 0.137 e. The van der Waals surface area contributed by atoms with Crippen LogP contribution in [0.1, 0.15) is 18.5 Å². The van der Waals surface area contributed by atoms with E-state index in [1.807, 2.05) is 0 Å². The Hall–Kier alpha value is -0.160. The first-order valence-corrected chi connectivity index (χ1v) is 4.70. The third-order valence-electron chi connectivity index (χ3n) is 1.85. The molecule has 5 heteroatoms. The SMILES string of the molecule is C[C@H](O)[C@H](N)c1ccc(Br)c(F)c1.Cl. The van der Waals surface area contributed by atoms with Gasteiger partial charge in [-0.25, -0.2) is 4.39 Å². The molecule has 1 aromatic carbocycles. The number of benzene rings is 1. The third-order valence-corrected chi connectivity index (χ3v) is 2.49. The fraction of sp³-hybridized carbons (Fsp3) is 0.333. The number of halogens is 3. The molecule has 0 aliphatic rings. The lowest BCUT2D eigenvalue weighted by Gasteiger charge is -2.15. The molecule has 0 radical (unpaired) electrons. The van der Waals surface area contributed by atoms with Crippen LogP contribution >= 0.6 is 28.3 Å². The quantitative estimate of drug-likeness (QED) is 0.876. The molecule has 0 unspecified atom stereocenters. The molecule has 2 atom stereocenters. The zero-order valence-corrected chi connectivity index (χ0v) is 9.98. The summed E-state index contributed by atoms with van der Waals surface area (Å²) in [4.78, 5) is 0. The Morgan fingerprint density at radius 3 is 2.50 bits per heavy atom. The maximum absolute atomic E-state index is 13.0. The van der Waals surface area contributed by atoms with Crippen LogP contribution < -0.4 is 5.73 Å². The highest BCUT2D eigenvalue weighted by Crippen LogP contribution is 2.21. The molecule has 0 aliphatic heterocycles. The average molecular weight is 285 g/mol. The maximum Gasteiger partial charge on any atom is 0.137 e. The fourth-order valence-corrected chi connectivity index (χ4v) is 1.24. The molecular formula is C9H12BrClFNO. The van der Waals surface area contributed by atoms with Gasteiger partial charge in [0.2, 0.25) is 0 Å². The van der Waals surface area contributed by atoms with Crippen molar-refractivity contribution in [1.82, 2.24) is 0 Å². The largest absolute Gasteiger partial charge is 0.391 e. The molecule has 1 rings (SSSR count). The summed E-state index contributed by atoms with van der Waals surface area (Å²) in [6.45, 7) is 1.57. The Morgan fingerprint density at radius 1 is 1.50 bits per heavy atom. The topological polar surface area (TPSA) is 46.2 Å². The Bertz CT molecular complexity index is 309. The predicted octanol–water partition coefficient (Wildman–Crippen LogP) is 2.39. The Labute approximate surface area is 96.8 Å². The first kappa shape index (κ1) is 13.8. The van der Waals surface area contributed by atoms with Gasteiger partial charge in [0.15, 0.2) is 0 Å². The van der Waals surface area contributed by atoms with Crippen molar-refractivity contribution in [2.45, 2.75) is 19.1 Å². The number of nitrogens with two attached hydrogens (primary N) is 1. The molecule has 0 spiro atoms. The Morgan fingerprint density at radius 2 is 2.07 bits per heavy atom. The lowest BCUT2D eigenvalue weighted by molar-refractivity contribution is 0.164. The summed E-state index contributed by atoms with van der Waals surface area (Å²) < 4.78 is 13.4. The first-order valence-electron chi connectivity index (χ1n) is 3.91. The van der Waals surface area contributed by atoms with E-state index in [0.29, 0.717) is 10.0 Å².